The number of furan rings is 1. The number of aromatic hydroxyl groups is 1. The van der Waals surface area contributed by atoms with Crippen LogP contribution in [0, 0.1) is 0 Å². The molecule has 4 nitrogen and oxygen atoms in total. The lowest BCUT2D eigenvalue weighted by molar-refractivity contribution is -0.136. The van der Waals surface area contributed by atoms with Crippen LogP contribution in [-0.2, 0) is 11.2 Å². The molecule has 0 saturated heterocycles. The summed E-state index contributed by atoms with van der Waals surface area (Å²) in [6, 6.07) is 4.73. The molecular formula is C10H7BrO4. The van der Waals surface area contributed by atoms with Gasteiger partial charge in [0.2, 0.25) is 0 Å². The third kappa shape index (κ3) is 1.97. The van der Waals surface area contributed by atoms with Gasteiger partial charge in [0.1, 0.15) is 11.3 Å². The van der Waals surface area contributed by atoms with Crippen molar-refractivity contribution < 1.29 is 19.4 Å². The first-order chi connectivity index (χ1) is 7.06. The van der Waals surface area contributed by atoms with Crippen LogP contribution in [0.4, 0.5) is 0 Å². The molecule has 2 rings (SSSR count). The Morgan fingerprint density at radius 1 is 1.40 bits per heavy atom. The Balaban J connectivity index is 2.55. The molecule has 1 aromatic carbocycles. The van der Waals surface area contributed by atoms with Crippen molar-refractivity contribution in [2.45, 2.75) is 6.42 Å². The number of hydrogen-bond acceptors (Lipinski definition) is 3. The number of carboxylic acids is 1. The van der Waals surface area contributed by atoms with E-state index < -0.39 is 5.97 Å². The Morgan fingerprint density at radius 2 is 2.13 bits per heavy atom. The van der Waals surface area contributed by atoms with Gasteiger partial charge in [-0.3, -0.25) is 4.79 Å². The molecule has 5 heteroatoms. The lowest BCUT2D eigenvalue weighted by Gasteiger charge is -2.00. The molecule has 0 atom stereocenters. The molecular weight excluding hydrogens is 264 g/mol. The van der Waals surface area contributed by atoms with Crippen LogP contribution in [0.2, 0.25) is 0 Å². The average molecular weight is 271 g/mol. The van der Waals surface area contributed by atoms with E-state index in [1.807, 2.05) is 0 Å². The van der Waals surface area contributed by atoms with Crippen molar-refractivity contribution in [1.29, 1.82) is 0 Å². The zero-order valence-corrected chi connectivity index (χ0v) is 9.11. The van der Waals surface area contributed by atoms with Crippen LogP contribution in [0.25, 0.3) is 11.0 Å². The van der Waals surface area contributed by atoms with Gasteiger partial charge in [0.05, 0.1) is 6.42 Å². The minimum atomic E-state index is -0.990. The molecule has 0 aliphatic rings. The highest BCUT2D eigenvalue weighted by molar-refractivity contribution is 9.10. The second-order valence-electron chi connectivity index (χ2n) is 3.14. The number of carbonyl (C=O) groups is 1. The first-order valence-corrected chi connectivity index (χ1v) is 4.98. The van der Waals surface area contributed by atoms with E-state index in [4.69, 9.17) is 9.52 Å². The zero-order valence-electron chi connectivity index (χ0n) is 7.53. The van der Waals surface area contributed by atoms with Gasteiger partial charge < -0.3 is 14.6 Å². The van der Waals surface area contributed by atoms with Crippen LogP contribution in [0.1, 0.15) is 5.56 Å². The van der Waals surface area contributed by atoms with Crippen LogP contribution >= 0.6 is 15.9 Å². The molecule has 1 heterocycles. The Morgan fingerprint density at radius 3 is 2.80 bits per heavy atom. The van der Waals surface area contributed by atoms with Gasteiger partial charge in [-0.05, 0) is 34.1 Å². The molecule has 0 aliphatic heterocycles. The molecule has 0 radical (unpaired) electrons. The number of fused-ring (bicyclic) bond motifs is 1. The van der Waals surface area contributed by atoms with Crippen molar-refractivity contribution in [3.63, 3.8) is 0 Å². The normalized spacial score (nSPS) is 10.7. The number of aliphatic carboxylic acids is 1. The van der Waals surface area contributed by atoms with E-state index in [0.717, 1.165) is 5.39 Å². The molecule has 0 spiro atoms. The first-order valence-electron chi connectivity index (χ1n) is 4.19. The molecule has 0 bridgehead atoms. The van der Waals surface area contributed by atoms with Crippen LogP contribution in [-0.4, -0.2) is 16.2 Å². The molecule has 2 N–H and O–H groups in total. The first kappa shape index (κ1) is 10.0. The van der Waals surface area contributed by atoms with Crippen LogP contribution in [0.5, 0.6) is 5.75 Å². The Bertz CT molecular complexity index is 529. The van der Waals surface area contributed by atoms with Gasteiger partial charge >= 0.3 is 5.97 Å². The van der Waals surface area contributed by atoms with Crippen molar-refractivity contribution in [3.8, 4) is 5.75 Å². The fourth-order valence-electron chi connectivity index (χ4n) is 1.39. The summed E-state index contributed by atoms with van der Waals surface area (Å²) in [6.07, 6.45) is -0.222. The number of benzene rings is 1. The fourth-order valence-corrected chi connectivity index (χ4v) is 1.81. The van der Waals surface area contributed by atoms with E-state index in [0.29, 0.717) is 15.8 Å². The summed E-state index contributed by atoms with van der Waals surface area (Å²) in [5.74, 6) is -1.02. The number of hydrogen-bond donors (Lipinski definition) is 2. The molecule has 78 valence electrons. The van der Waals surface area contributed by atoms with Crippen LogP contribution < -0.4 is 0 Å². The SMILES string of the molecule is O=C(O)Cc1cc2oc(Br)cc2cc1O. The van der Waals surface area contributed by atoms with Gasteiger partial charge in [0.25, 0.3) is 0 Å². The quantitative estimate of drug-likeness (QED) is 0.880. The number of halogens is 1. The number of carboxylic acid groups (broad SMARTS) is 1. The summed E-state index contributed by atoms with van der Waals surface area (Å²) in [4.78, 5) is 10.5. The predicted molar refractivity (Wildman–Crippen MR) is 56.9 cm³/mol. The van der Waals surface area contributed by atoms with Gasteiger partial charge in [-0.25, -0.2) is 0 Å². The van der Waals surface area contributed by atoms with E-state index in [-0.39, 0.29) is 12.2 Å². The van der Waals surface area contributed by atoms with E-state index >= 15 is 0 Å². The lowest BCUT2D eigenvalue weighted by atomic mass is 10.1. The molecule has 15 heavy (non-hydrogen) atoms. The van der Waals surface area contributed by atoms with Gasteiger partial charge in [0, 0.05) is 10.9 Å². The van der Waals surface area contributed by atoms with E-state index in [1.54, 1.807) is 6.07 Å². The highest BCUT2D eigenvalue weighted by Crippen LogP contribution is 2.29. The fraction of sp³-hybridized carbons (Fsp3) is 0.100. The van der Waals surface area contributed by atoms with Gasteiger partial charge in [-0.15, -0.1) is 0 Å². The van der Waals surface area contributed by atoms with Gasteiger partial charge in [0.15, 0.2) is 4.67 Å². The van der Waals surface area contributed by atoms with Crippen molar-refractivity contribution in [1.82, 2.24) is 0 Å². The van der Waals surface area contributed by atoms with Crippen molar-refractivity contribution in [3.05, 3.63) is 28.4 Å². The van der Waals surface area contributed by atoms with E-state index in [2.05, 4.69) is 15.9 Å². The summed E-state index contributed by atoms with van der Waals surface area (Å²) in [7, 11) is 0. The summed E-state index contributed by atoms with van der Waals surface area (Å²) in [6.45, 7) is 0. The summed E-state index contributed by atoms with van der Waals surface area (Å²) >= 11 is 3.16. The Labute approximate surface area is 93.3 Å². The largest absolute Gasteiger partial charge is 0.508 e. The maximum Gasteiger partial charge on any atom is 0.307 e. The average Bonchev–Trinajstić information content (AvgIpc) is 2.44. The Hall–Kier alpha value is -1.49. The monoisotopic (exact) mass is 270 g/mol. The smallest absolute Gasteiger partial charge is 0.307 e. The third-order valence-corrected chi connectivity index (χ3v) is 2.42. The lowest BCUT2D eigenvalue weighted by Crippen LogP contribution is -1.99. The molecule has 0 saturated carbocycles. The maximum atomic E-state index is 10.5. The summed E-state index contributed by atoms with van der Waals surface area (Å²) in [5.41, 5.74) is 0.896. The number of phenolic OH excluding ortho intramolecular Hbond substituents is 1. The highest BCUT2D eigenvalue weighted by atomic mass is 79.9. The molecule has 0 amide bonds. The zero-order chi connectivity index (χ0) is 11.0. The molecule has 0 aliphatic carbocycles. The minimum Gasteiger partial charge on any atom is -0.508 e. The predicted octanol–water partition coefficient (Wildman–Crippen LogP) is 2.53. The van der Waals surface area contributed by atoms with Crippen molar-refractivity contribution in [2.24, 2.45) is 0 Å². The molecule has 2 aromatic rings. The minimum absolute atomic E-state index is 0.0294. The Kier molecular flexibility index (Phi) is 2.40. The second kappa shape index (κ2) is 3.58. The van der Waals surface area contributed by atoms with Crippen LogP contribution in [0.15, 0.2) is 27.3 Å². The van der Waals surface area contributed by atoms with Crippen LogP contribution in [0.3, 0.4) is 0 Å². The number of rotatable bonds is 2. The van der Waals surface area contributed by atoms with Gasteiger partial charge in [-0.2, -0.15) is 0 Å². The summed E-state index contributed by atoms with van der Waals surface area (Å²) in [5, 5.41) is 18.9. The molecule has 0 unspecified atom stereocenters. The van der Waals surface area contributed by atoms with E-state index in [9.17, 15) is 9.90 Å². The third-order valence-electron chi connectivity index (χ3n) is 2.03. The maximum absolute atomic E-state index is 10.5. The highest BCUT2D eigenvalue weighted by Gasteiger charge is 2.10. The topological polar surface area (TPSA) is 70.7 Å². The van der Waals surface area contributed by atoms with Crippen molar-refractivity contribution >= 4 is 32.9 Å². The van der Waals surface area contributed by atoms with E-state index in [1.165, 1.54) is 12.1 Å². The molecule has 0 fully saturated rings. The van der Waals surface area contributed by atoms with Crippen molar-refractivity contribution in [2.75, 3.05) is 0 Å². The second-order valence-corrected chi connectivity index (χ2v) is 3.92. The molecule has 1 aromatic heterocycles. The standard InChI is InChI=1S/C10H7BrO4/c11-9-3-6-1-7(12)5(4-10(13)14)2-8(6)15-9/h1-3,12H,4H2,(H,13,14). The van der Waals surface area contributed by atoms with Gasteiger partial charge in [-0.1, -0.05) is 0 Å². The summed E-state index contributed by atoms with van der Waals surface area (Å²) < 4.78 is 5.80. The number of phenols is 1.